The van der Waals surface area contributed by atoms with Gasteiger partial charge in [-0.25, -0.2) is 0 Å². The third-order valence-electron chi connectivity index (χ3n) is 4.11. The van der Waals surface area contributed by atoms with Crippen LogP contribution in [-0.2, 0) is 4.79 Å². The van der Waals surface area contributed by atoms with Gasteiger partial charge < -0.3 is 10.6 Å². The average Bonchev–Trinajstić information content (AvgIpc) is 2.43. The van der Waals surface area contributed by atoms with Crippen molar-refractivity contribution in [3.05, 3.63) is 53.1 Å². The normalized spacial score (nSPS) is 14.3. The predicted molar refractivity (Wildman–Crippen MR) is 91.9 cm³/mol. The van der Waals surface area contributed by atoms with E-state index in [1.165, 1.54) is 6.42 Å². The highest BCUT2D eigenvalue weighted by molar-refractivity contribution is 6.30. The summed E-state index contributed by atoms with van der Waals surface area (Å²) in [5.74, 6) is 0.338. The van der Waals surface area contributed by atoms with Gasteiger partial charge in [-0.05, 0) is 61.7 Å². The molecule has 22 heavy (non-hydrogen) atoms. The molecule has 0 spiro atoms. The van der Waals surface area contributed by atoms with Crippen LogP contribution < -0.4 is 10.6 Å². The highest BCUT2D eigenvalue weighted by Gasteiger charge is 2.24. The topological polar surface area (TPSA) is 41.1 Å². The fourth-order valence-corrected chi connectivity index (χ4v) is 2.61. The van der Waals surface area contributed by atoms with Crippen molar-refractivity contribution < 1.29 is 4.79 Å². The van der Waals surface area contributed by atoms with Gasteiger partial charge in [0, 0.05) is 28.0 Å². The molecule has 4 heteroatoms. The van der Waals surface area contributed by atoms with Gasteiger partial charge in [-0.15, -0.1) is 0 Å². The Morgan fingerprint density at radius 2 is 1.77 bits per heavy atom. The van der Waals surface area contributed by atoms with Crippen LogP contribution >= 0.6 is 11.6 Å². The Morgan fingerprint density at radius 1 is 1.09 bits per heavy atom. The molecule has 0 saturated heterocycles. The van der Waals surface area contributed by atoms with Gasteiger partial charge >= 0.3 is 0 Å². The van der Waals surface area contributed by atoms with Crippen molar-refractivity contribution >= 4 is 34.6 Å². The molecule has 1 saturated carbocycles. The summed E-state index contributed by atoms with van der Waals surface area (Å²) in [5, 5.41) is 7.02. The van der Waals surface area contributed by atoms with E-state index in [9.17, 15) is 4.79 Å². The van der Waals surface area contributed by atoms with Crippen LogP contribution in [0.3, 0.4) is 0 Å². The molecule has 0 radical (unpaired) electrons. The zero-order valence-corrected chi connectivity index (χ0v) is 13.3. The van der Waals surface area contributed by atoms with E-state index >= 15 is 0 Å². The fraction of sp³-hybridized carbons (Fsp3) is 0.278. The second-order valence-electron chi connectivity index (χ2n) is 5.78. The third-order valence-corrected chi connectivity index (χ3v) is 4.34. The Bertz CT molecular complexity index is 678. The average molecular weight is 315 g/mol. The van der Waals surface area contributed by atoms with Crippen molar-refractivity contribution in [2.45, 2.75) is 26.2 Å². The number of carbonyl (C=O) groups is 1. The van der Waals surface area contributed by atoms with Crippen LogP contribution in [0.5, 0.6) is 0 Å². The van der Waals surface area contributed by atoms with Crippen molar-refractivity contribution in [2.24, 2.45) is 5.92 Å². The van der Waals surface area contributed by atoms with E-state index in [-0.39, 0.29) is 11.8 Å². The lowest BCUT2D eigenvalue weighted by molar-refractivity contribution is -0.122. The molecule has 1 fully saturated rings. The minimum atomic E-state index is 0.137. The first-order valence-electron chi connectivity index (χ1n) is 7.56. The van der Waals surface area contributed by atoms with E-state index in [1.807, 2.05) is 49.4 Å². The number of hydrogen-bond donors (Lipinski definition) is 2. The summed E-state index contributed by atoms with van der Waals surface area (Å²) in [6.45, 7) is 2.03. The summed E-state index contributed by atoms with van der Waals surface area (Å²) in [6.07, 6.45) is 3.19. The van der Waals surface area contributed by atoms with E-state index in [4.69, 9.17) is 11.6 Å². The van der Waals surface area contributed by atoms with Crippen molar-refractivity contribution in [1.82, 2.24) is 0 Å². The highest BCUT2D eigenvalue weighted by Crippen LogP contribution is 2.28. The van der Waals surface area contributed by atoms with Gasteiger partial charge in [-0.2, -0.15) is 0 Å². The number of amides is 1. The minimum Gasteiger partial charge on any atom is -0.355 e. The molecule has 3 rings (SSSR count). The van der Waals surface area contributed by atoms with Crippen LogP contribution in [0.25, 0.3) is 0 Å². The maximum Gasteiger partial charge on any atom is 0.227 e. The van der Waals surface area contributed by atoms with Crippen LogP contribution in [-0.4, -0.2) is 5.91 Å². The van der Waals surface area contributed by atoms with E-state index in [0.717, 1.165) is 35.5 Å². The molecular weight excluding hydrogens is 296 g/mol. The fourth-order valence-electron chi connectivity index (χ4n) is 2.44. The van der Waals surface area contributed by atoms with Gasteiger partial charge in [0.25, 0.3) is 0 Å². The van der Waals surface area contributed by atoms with Gasteiger partial charge in [0.2, 0.25) is 5.91 Å². The smallest absolute Gasteiger partial charge is 0.227 e. The van der Waals surface area contributed by atoms with Crippen LogP contribution in [0.2, 0.25) is 5.02 Å². The summed E-state index contributed by atoms with van der Waals surface area (Å²) < 4.78 is 0. The molecule has 0 bridgehead atoms. The molecule has 0 atom stereocenters. The number of benzene rings is 2. The first kappa shape index (κ1) is 14.9. The Hall–Kier alpha value is -2.00. The molecule has 0 heterocycles. The second kappa shape index (κ2) is 6.41. The molecule has 3 nitrogen and oxygen atoms in total. The second-order valence-corrected chi connectivity index (χ2v) is 6.22. The predicted octanol–water partition coefficient (Wildman–Crippen LogP) is 5.13. The molecule has 2 N–H and O–H groups in total. The van der Waals surface area contributed by atoms with E-state index in [1.54, 1.807) is 0 Å². The summed E-state index contributed by atoms with van der Waals surface area (Å²) in [7, 11) is 0. The van der Waals surface area contributed by atoms with Gasteiger partial charge in [0.1, 0.15) is 0 Å². The van der Waals surface area contributed by atoms with Crippen molar-refractivity contribution in [3.63, 3.8) is 0 Å². The Morgan fingerprint density at radius 3 is 2.41 bits per heavy atom. The number of halogens is 1. The molecule has 1 amide bonds. The molecule has 1 aliphatic carbocycles. The van der Waals surface area contributed by atoms with Crippen molar-refractivity contribution in [2.75, 3.05) is 10.6 Å². The maximum absolute atomic E-state index is 11.9. The zero-order valence-electron chi connectivity index (χ0n) is 12.5. The van der Waals surface area contributed by atoms with Crippen LogP contribution in [0.1, 0.15) is 24.8 Å². The molecule has 0 aliphatic heterocycles. The van der Waals surface area contributed by atoms with Crippen LogP contribution in [0.15, 0.2) is 42.5 Å². The lowest BCUT2D eigenvalue weighted by atomic mass is 9.85. The van der Waals surface area contributed by atoms with Crippen molar-refractivity contribution in [3.8, 4) is 0 Å². The quantitative estimate of drug-likeness (QED) is 0.821. The monoisotopic (exact) mass is 314 g/mol. The van der Waals surface area contributed by atoms with E-state index < -0.39 is 0 Å². The van der Waals surface area contributed by atoms with Crippen LogP contribution in [0.4, 0.5) is 17.1 Å². The Kier molecular flexibility index (Phi) is 4.34. The van der Waals surface area contributed by atoms with E-state index in [2.05, 4.69) is 10.6 Å². The largest absolute Gasteiger partial charge is 0.355 e. The Balaban J connectivity index is 1.66. The molecular formula is C18H19ClN2O. The summed E-state index contributed by atoms with van der Waals surface area (Å²) in [6, 6.07) is 13.5. The number of nitrogens with one attached hydrogen (secondary N) is 2. The van der Waals surface area contributed by atoms with Gasteiger partial charge in [0.15, 0.2) is 0 Å². The Labute approximate surface area is 135 Å². The molecule has 1 aliphatic rings. The van der Waals surface area contributed by atoms with Gasteiger partial charge in [0.05, 0.1) is 0 Å². The van der Waals surface area contributed by atoms with Crippen molar-refractivity contribution in [1.29, 1.82) is 0 Å². The number of rotatable bonds is 4. The number of hydrogen-bond acceptors (Lipinski definition) is 2. The lowest BCUT2D eigenvalue weighted by Crippen LogP contribution is -2.27. The molecule has 0 unspecified atom stereocenters. The molecule has 0 aromatic heterocycles. The van der Waals surface area contributed by atoms with Crippen LogP contribution in [0, 0.1) is 12.8 Å². The third kappa shape index (κ3) is 3.42. The molecule has 114 valence electrons. The zero-order chi connectivity index (χ0) is 15.5. The summed E-state index contributed by atoms with van der Waals surface area (Å²) in [5.41, 5.74) is 3.92. The number of carbonyl (C=O) groups excluding carboxylic acids is 1. The highest BCUT2D eigenvalue weighted by atomic mass is 35.5. The minimum absolute atomic E-state index is 0.137. The lowest BCUT2D eigenvalue weighted by Gasteiger charge is -2.24. The summed E-state index contributed by atoms with van der Waals surface area (Å²) >= 11 is 6.03. The first-order chi connectivity index (χ1) is 10.6. The summed E-state index contributed by atoms with van der Waals surface area (Å²) in [4.78, 5) is 11.9. The first-order valence-corrected chi connectivity index (χ1v) is 7.94. The van der Waals surface area contributed by atoms with Gasteiger partial charge in [-0.3, -0.25) is 4.79 Å². The molecule has 2 aromatic rings. The number of aryl methyl sites for hydroxylation is 1. The standard InChI is InChI=1S/C18H19ClN2O/c1-12-5-6-14(19)11-17(12)20-15-7-9-16(10-8-15)21-18(22)13-3-2-4-13/h5-11,13,20H,2-4H2,1H3,(H,21,22). The molecule has 2 aromatic carbocycles. The number of anilines is 3. The maximum atomic E-state index is 11.9. The van der Waals surface area contributed by atoms with Gasteiger partial charge in [-0.1, -0.05) is 24.1 Å². The van der Waals surface area contributed by atoms with E-state index in [0.29, 0.717) is 5.02 Å². The SMILES string of the molecule is Cc1ccc(Cl)cc1Nc1ccc(NC(=O)C2CCC2)cc1.